The van der Waals surface area contributed by atoms with E-state index in [0.717, 1.165) is 15.9 Å². The van der Waals surface area contributed by atoms with Crippen molar-refractivity contribution in [2.45, 2.75) is 6.61 Å². The van der Waals surface area contributed by atoms with Crippen LogP contribution in [0.3, 0.4) is 0 Å². The number of nitrogen functional groups attached to an aromatic ring is 1. The highest BCUT2D eigenvalue weighted by molar-refractivity contribution is 9.10. The second kappa shape index (κ2) is 4.35. The average Bonchev–Trinajstić information content (AvgIpc) is 2.62. The predicted molar refractivity (Wildman–Crippen MR) is 61.5 cm³/mol. The van der Waals surface area contributed by atoms with Crippen molar-refractivity contribution in [1.82, 2.24) is 9.97 Å². The van der Waals surface area contributed by atoms with E-state index in [-0.39, 0.29) is 0 Å². The standard InChI is InChI=1S/C10H10BrN3O/c11-7-2-1-3-9(4-7)15-6-8-5-13-10(12)14-8/h1-5H,6H2,(H3,12,13,14). The van der Waals surface area contributed by atoms with Crippen LogP contribution in [0.1, 0.15) is 5.69 Å². The zero-order valence-corrected chi connectivity index (χ0v) is 9.49. The third kappa shape index (κ3) is 2.73. The lowest BCUT2D eigenvalue weighted by molar-refractivity contribution is 0.302. The fraction of sp³-hybridized carbons (Fsp3) is 0.100. The second-order valence-corrected chi connectivity index (χ2v) is 3.96. The van der Waals surface area contributed by atoms with E-state index in [1.54, 1.807) is 6.20 Å². The molecule has 78 valence electrons. The number of H-pyrrole nitrogens is 1. The topological polar surface area (TPSA) is 63.9 Å². The SMILES string of the molecule is Nc1ncc(COc2cccc(Br)c2)[nH]1. The monoisotopic (exact) mass is 267 g/mol. The molecule has 0 aliphatic heterocycles. The summed E-state index contributed by atoms with van der Waals surface area (Å²) in [5, 5.41) is 0. The minimum Gasteiger partial charge on any atom is -0.487 e. The van der Waals surface area contributed by atoms with E-state index >= 15 is 0 Å². The minimum atomic E-state index is 0.405. The van der Waals surface area contributed by atoms with Crippen molar-refractivity contribution in [3.8, 4) is 5.75 Å². The lowest BCUT2D eigenvalue weighted by atomic mass is 10.3. The van der Waals surface area contributed by atoms with E-state index in [1.165, 1.54) is 0 Å². The van der Waals surface area contributed by atoms with Crippen LogP contribution in [0.25, 0.3) is 0 Å². The van der Waals surface area contributed by atoms with Gasteiger partial charge in [-0.05, 0) is 18.2 Å². The molecular formula is C10H10BrN3O. The summed E-state index contributed by atoms with van der Waals surface area (Å²) in [5.41, 5.74) is 6.30. The zero-order chi connectivity index (χ0) is 10.7. The molecular weight excluding hydrogens is 258 g/mol. The van der Waals surface area contributed by atoms with Gasteiger partial charge in [-0.15, -0.1) is 0 Å². The molecule has 1 aromatic carbocycles. The number of imidazole rings is 1. The van der Waals surface area contributed by atoms with E-state index in [4.69, 9.17) is 10.5 Å². The highest BCUT2D eigenvalue weighted by Gasteiger charge is 1.99. The number of hydrogen-bond donors (Lipinski definition) is 2. The minimum absolute atomic E-state index is 0.405. The van der Waals surface area contributed by atoms with Gasteiger partial charge >= 0.3 is 0 Å². The molecule has 1 heterocycles. The molecule has 2 rings (SSSR count). The third-order valence-corrected chi connectivity index (χ3v) is 2.33. The van der Waals surface area contributed by atoms with Crippen LogP contribution in [0.4, 0.5) is 5.95 Å². The van der Waals surface area contributed by atoms with Gasteiger partial charge < -0.3 is 15.5 Å². The Bertz CT molecular complexity index is 455. The molecule has 0 radical (unpaired) electrons. The lowest BCUT2D eigenvalue weighted by Gasteiger charge is -2.04. The molecule has 0 saturated heterocycles. The first kappa shape index (κ1) is 10.0. The average molecular weight is 268 g/mol. The number of aromatic amines is 1. The number of nitrogens with two attached hydrogens (primary N) is 1. The zero-order valence-electron chi connectivity index (χ0n) is 7.90. The molecule has 0 aliphatic rings. The number of halogens is 1. The first-order chi connectivity index (χ1) is 7.24. The Morgan fingerprint density at radius 1 is 1.47 bits per heavy atom. The lowest BCUT2D eigenvalue weighted by Crippen LogP contribution is -1.96. The van der Waals surface area contributed by atoms with Crippen LogP contribution < -0.4 is 10.5 Å². The summed E-state index contributed by atoms with van der Waals surface area (Å²) in [6.45, 7) is 0.431. The van der Waals surface area contributed by atoms with Gasteiger partial charge in [0.25, 0.3) is 0 Å². The highest BCUT2D eigenvalue weighted by atomic mass is 79.9. The molecule has 0 atom stereocenters. The maximum absolute atomic E-state index is 5.53. The normalized spacial score (nSPS) is 10.2. The van der Waals surface area contributed by atoms with Gasteiger partial charge in [0.05, 0.1) is 11.9 Å². The molecule has 0 fully saturated rings. The molecule has 0 bridgehead atoms. The summed E-state index contributed by atoms with van der Waals surface area (Å²) in [5.74, 6) is 1.21. The van der Waals surface area contributed by atoms with Crippen molar-refractivity contribution in [2.24, 2.45) is 0 Å². The van der Waals surface area contributed by atoms with Crippen LogP contribution in [0.2, 0.25) is 0 Å². The third-order valence-electron chi connectivity index (χ3n) is 1.84. The maximum Gasteiger partial charge on any atom is 0.197 e. The Balaban J connectivity index is 1.99. The number of hydrogen-bond acceptors (Lipinski definition) is 3. The van der Waals surface area contributed by atoms with E-state index in [0.29, 0.717) is 12.6 Å². The Morgan fingerprint density at radius 3 is 3.00 bits per heavy atom. The van der Waals surface area contributed by atoms with Crippen LogP contribution >= 0.6 is 15.9 Å². The second-order valence-electron chi connectivity index (χ2n) is 3.04. The van der Waals surface area contributed by atoms with Gasteiger partial charge in [0.1, 0.15) is 12.4 Å². The van der Waals surface area contributed by atoms with Gasteiger partial charge in [-0.1, -0.05) is 22.0 Å². The van der Waals surface area contributed by atoms with Gasteiger partial charge in [0, 0.05) is 4.47 Å². The van der Waals surface area contributed by atoms with Crippen LogP contribution in [0, 0.1) is 0 Å². The molecule has 0 saturated carbocycles. The Hall–Kier alpha value is -1.49. The first-order valence-corrected chi connectivity index (χ1v) is 5.21. The molecule has 0 aliphatic carbocycles. The summed E-state index contributed by atoms with van der Waals surface area (Å²) in [7, 11) is 0. The number of rotatable bonds is 3. The van der Waals surface area contributed by atoms with Gasteiger partial charge in [-0.25, -0.2) is 4.98 Å². The molecule has 2 aromatic rings. The first-order valence-electron chi connectivity index (χ1n) is 4.42. The molecule has 5 heteroatoms. The van der Waals surface area contributed by atoms with Crippen LogP contribution in [0.15, 0.2) is 34.9 Å². The van der Waals surface area contributed by atoms with Gasteiger partial charge in [-0.2, -0.15) is 0 Å². The van der Waals surface area contributed by atoms with Crippen LogP contribution in [0.5, 0.6) is 5.75 Å². The highest BCUT2D eigenvalue weighted by Crippen LogP contribution is 2.18. The summed E-state index contributed by atoms with van der Waals surface area (Å²) in [4.78, 5) is 6.77. The molecule has 4 nitrogen and oxygen atoms in total. The van der Waals surface area contributed by atoms with Crippen molar-refractivity contribution < 1.29 is 4.74 Å². The Kier molecular flexibility index (Phi) is 2.91. The van der Waals surface area contributed by atoms with Crippen LogP contribution in [-0.2, 0) is 6.61 Å². The summed E-state index contributed by atoms with van der Waals surface area (Å²) < 4.78 is 6.52. The largest absolute Gasteiger partial charge is 0.487 e. The fourth-order valence-electron chi connectivity index (χ4n) is 1.17. The van der Waals surface area contributed by atoms with Gasteiger partial charge in [0.15, 0.2) is 5.95 Å². The molecule has 1 aromatic heterocycles. The number of benzene rings is 1. The molecule has 15 heavy (non-hydrogen) atoms. The van der Waals surface area contributed by atoms with Gasteiger partial charge in [-0.3, -0.25) is 0 Å². The van der Waals surface area contributed by atoms with E-state index in [2.05, 4.69) is 25.9 Å². The Labute approximate surface area is 95.6 Å². The van der Waals surface area contributed by atoms with Crippen molar-refractivity contribution in [3.63, 3.8) is 0 Å². The summed E-state index contributed by atoms with van der Waals surface area (Å²) >= 11 is 3.37. The fourth-order valence-corrected chi connectivity index (χ4v) is 1.55. The van der Waals surface area contributed by atoms with Crippen molar-refractivity contribution in [2.75, 3.05) is 5.73 Å². The maximum atomic E-state index is 5.53. The van der Waals surface area contributed by atoms with Crippen LogP contribution in [-0.4, -0.2) is 9.97 Å². The molecule has 0 spiro atoms. The van der Waals surface area contributed by atoms with E-state index in [1.807, 2.05) is 24.3 Å². The predicted octanol–water partition coefficient (Wildman–Crippen LogP) is 2.33. The van der Waals surface area contributed by atoms with E-state index < -0.39 is 0 Å². The molecule has 0 amide bonds. The summed E-state index contributed by atoms with van der Waals surface area (Å²) in [6.07, 6.45) is 1.66. The molecule has 0 unspecified atom stereocenters. The number of anilines is 1. The van der Waals surface area contributed by atoms with Crippen molar-refractivity contribution in [1.29, 1.82) is 0 Å². The number of ether oxygens (including phenoxy) is 1. The van der Waals surface area contributed by atoms with Crippen molar-refractivity contribution >= 4 is 21.9 Å². The van der Waals surface area contributed by atoms with Crippen molar-refractivity contribution in [3.05, 3.63) is 40.6 Å². The number of aromatic nitrogens is 2. The van der Waals surface area contributed by atoms with Gasteiger partial charge in [0.2, 0.25) is 0 Å². The quantitative estimate of drug-likeness (QED) is 0.897. The molecule has 3 N–H and O–H groups in total. The summed E-state index contributed by atoms with van der Waals surface area (Å²) in [6, 6.07) is 7.66. The Morgan fingerprint density at radius 2 is 2.33 bits per heavy atom. The van der Waals surface area contributed by atoms with E-state index in [9.17, 15) is 0 Å². The number of nitrogens with one attached hydrogen (secondary N) is 1. The smallest absolute Gasteiger partial charge is 0.197 e. The number of nitrogens with zero attached hydrogens (tertiary/aromatic N) is 1.